The number of nitrogens with zero attached hydrogens (tertiary/aromatic N) is 3. The number of hydrazone groups is 1. The molecule has 10 heteroatoms. The van der Waals surface area contributed by atoms with Crippen LogP contribution in [0.3, 0.4) is 0 Å². The van der Waals surface area contributed by atoms with E-state index in [0.717, 1.165) is 55.4 Å². The molecule has 2 aliphatic heterocycles. The largest absolute Gasteiger partial charge is 0.493 e. The Morgan fingerprint density at radius 2 is 1.92 bits per heavy atom. The van der Waals surface area contributed by atoms with Gasteiger partial charge in [-0.1, -0.05) is 23.9 Å². The van der Waals surface area contributed by atoms with Crippen molar-refractivity contribution in [2.24, 2.45) is 5.10 Å². The van der Waals surface area contributed by atoms with E-state index in [-0.39, 0.29) is 11.1 Å². The minimum atomic E-state index is -0.0993. The molecular weight excluding hydrogens is 480 g/mol. The summed E-state index contributed by atoms with van der Waals surface area (Å²) in [6.45, 7) is 6.69. The van der Waals surface area contributed by atoms with E-state index in [1.54, 1.807) is 7.11 Å². The van der Waals surface area contributed by atoms with Gasteiger partial charge in [0.05, 0.1) is 39.2 Å². The zero-order valence-corrected chi connectivity index (χ0v) is 21.5. The molecule has 2 aromatic rings. The first-order valence-electron chi connectivity index (χ1n) is 12.1. The van der Waals surface area contributed by atoms with Crippen molar-refractivity contribution in [3.8, 4) is 11.5 Å². The van der Waals surface area contributed by atoms with Crippen LogP contribution in [0.5, 0.6) is 11.5 Å². The lowest BCUT2D eigenvalue weighted by molar-refractivity contribution is -0.116. The fourth-order valence-corrected chi connectivity index (χ4v) is 4.70. The molecule has 0 bridgehead atoms. The minimum Gasteiger partial charge on any atom is -0.493 e. The summed E-state index contributed by atoms with van der Waals surface area (Å²) in [5.41, 5.74) is 3.34. The second-order valence-electron chi connectivity index (χ2n) is 8.41. The molecule has 0 aliphatic carbocycles. The highest BCUT2D eigenvalue weighted by Crippen LogP contribution is 2.30. The average Bonchev–Trinajstić information content (AvgIpc) is 2.90. The van der Waals surface area contributed by atoms with Crippen LogP contribution < -0.4 is 14.8 Å². The number of methoxy groups -OCH3 is 1. The molecule has 0 unspecified atom stereocenters. The Morgan fingerprint density at radius 1 is 1.14 bits per heavy atom. The number of rotatable bonds is 10. The van der Waals surface area contributed by atoms with E-state index in [2.05, 4.69) is 15.3 Å². The number of hydrogen-bond acceptors (Lipinski definition) is 8. The van der Waals surface area contributed by atoms with Crippen LogP contribution >= 0.6 is 11.8 Å². The molecule has 0 spiro atoms. The Bertz CT molecular complexity index is 1090. The third-order valence-electron chi connectivity index (χ3n) is 5.91. The lowest BCUT2D eigenvalue weighted by atomic mass is 10.1. The van der Waals surface area contributed by atoms with E-state index in [0.29, 0.717) is 36.8 Å². The van der Waals surface area contributed by atoms with Gasteiger partial charge in [-0.3, -0.25) is 14.5 Å². The predicted molar refractivity (Wildman–Crippen MR) is 141 cm³/mol. The fraction of sp³-hybridized carbons (Fsp3) is 0.423. The summed E-state index contributed by atoms with van der Waals surface area (Å²) in [4.78, 5) is 27.1. The summed E-state index contributed by atoms with van der Waals surface area (Å²) in [7, 11) is 1.61. The summed E-state index contributed by atoms with van der Waals surface area (Å²) in [5.74, 6) is 1.78. The molecule has 4 rings (SSSR count). The molecule has 1 saturated heterocycles. The van der Waals surface area contributed by atoms with Gasteiger partial charge in [0.25, 0.3) is 0 Å². The third-order valence-corrected chi connectivity index (χ3v) is 6.79. The van der Waals surface area contributed by atoms with Crippen molar-refractivity contribution < 1.29 is 23.8 Å². The number of benzene rings is 2. The predicted octanol–water partition coefficient (Wildman–Crippen LogP) is 3.83. The summed E-state index contributed by atoms with van der Waals surface area (Å²) >= 11 is 1.22. The molecule has 0 atom stereocenters. The molecule has 0 saturated carbocycles. The van der Waals surface area contributed by atoms with Crippen LogP contribution in [0.2, 0.25) is 0 Å². The van der Waals surface area contributed by atoms with Gasteiger partial charge in [-0.05, 0) is 42.8 Å². The van der Waals surface area contributed by atoms with Gasteiger partial charge in [-0.2, -0.15) is 5.10 Å². The lowest BCUT2D eigenvalue weighted by Gasteiger charge is -2.26. The number of hydrogen-bond donors (Lipinski definition) is 1. The summed E-state index contributed by atoms with van der Waals surface area (Å²) in [6, 6.07) is 13.2. The Hall–Kier alpha value is -3.08. The van der Waals surface area contributed by atoms with Crippen molar-refractivity contribution in [1.29, 1.82) is 0 Å². The van der Waals surface area contributed by atoms with E-state index in [9.17, 15) is 9.59 Å². The number of carbonyl (C=O) groups excluding carboxylic acids is 2. The molecule has 1 N–H and O–H groups in total. The number of amides is 2. The highest BCUT2D eigenvalue weighted by molar-refractivity contribution is 8.14. The summed E-state index contributed by atoms with van der Waals surface area (Å²) in [6.07, 6.45) is 0.440. The van der Waals surface area contributed by atoms with Gasteiger partial charge in [0.15, 0.2) is 11.5 Å². The molecule has 0 radical (unpaired) electrons. The lowest BCUT2D eigenvalue weighted by Crippen LogP contribution is -2.38. The van der Waals surface area contributed by atoms with Crippen LogP contribution in [0.4, 0.5) is 10.5 Å². The van der Waals surface area contributed by atoms with E-state index < -0.39 is 0 Å². The Labute approximate surface area is 215 Å². The van der Waals surface area contributed by atoms with E-state index in [1.165, 1.54) is 16.8 Å². The van der Waals surface area contributed by atoms with Crippen LogP contribution in [0.25, 0.3) is 0 Å². The number of carbonyl (C=O) groups is 2. The molecule has 36 heavy (non-hydrogen) atoms. The maximum atomic E-state index is 12.5. The number of morpholine rings is 1. The normalized spacial score (nSPS) is 16.4. The molecule has 1 fully saturated rings. The van der Waals surface area contributed by atoms with Crippen molar-refractivity contribution in [2.75, 3.05) is 57.6 Å². The topological polar surface area (TPSA) is 92.7 Å². The second-order valence-corrected chi connectivity index (χ2v) is 9.33. The van der Waals surface area contributed by atoms with Crippen molar-refractivity contribution >= 4 is 34.3 Å². The second kappa shape index (κ2) is 12.8. The Morgan fingerprint density at radius 3 is 2.64 bits per heavy atom. The van der Waals surface area contributed by atoms with Crippen LogP contribution in [0.15, 0.2) is 47.6 Å². The summed E-state index contributed by atoms with van der Waals surface area (Å²) in [5, 5.41) is 8.94. The zero-order valence-electron chi connectivity index (χ0n) is 20.7. The van der Waals surface area contributed by atoms with Gasteiger partial charge in [-0.25, -0.2) is 5.01 Å². The zero-order chi connectivity index (χ0) is 25.3. The maximum absolute atomic E-state index is 12.5. The monoisotopic (exact) mass is 512 g/mol. The molecule has 2 heterocycles. The third kappa shape index (κ3) is 6.99. The quantitative estimate of drug-likeness (QED) is 0.517. The van der Waals surface area contributed by atoms with Gasteiger partial charge in [-0.15, -0.1) is 0 Å². The smallest absolute Gasteiger partial charge is 0.302 e. The van der Waals surface area contributed by atoms with Crippen molar-refractivity contribution in [2.45, 2.75) is 19.9 Å². The van der Waals surface area contributed by atoms with Crippen LogP contribution in [-0.4, -0.2) is 79.1 Å². The van der Waals surface area contributed by atoms with Crippen LogP contribution in [0, 0.1) is 0 Å². The molecule has 0 aromatic heterocycles. The summed E-state index contributed by atoms with van der Waals surface area (Å²) < 4.78 is 16.4. The first-order chi connectivity index (χ1) is 17.6. The van der Waals surface area contributed by atoms with Gasteiger partial charge >= 0.3 is 5.24 Å². The first-order valence-corrected chi connectivity index (χ1v) is 13.1. The molecule has 2 amide bonds. The first kappa shape index (κ1) is 26.0. The van der Waals surface area contributed by atoms with Gasteiger partial charge in [0.1, 0.15) is 0 Å². The van der Waals surface area contributed by atoms with E-state index in [4.69, 9.17) is 14.2 Å². The van der Waals surface area contributed by atoms with Gasteiger partial charge in [0.2, 0.25) is 5.91 Å². The molecule has 2 aromatic carbocycles. The number of ether oxygens (including phenoxy) is 3. The minimum absolute atomic E-state index is 0.0167. The maximum Gasteiger partial charge on any atom is 0.302 e. The van der Waals surface area contributed by atoms with E-state index in [1.807, 2.05) is 49.4 Å². The standard InChI is InChI=1S/C26H32N4O5S/c1-3-35-24-16-20(6-9-23(24)33-2)22-18-36-26(32)30(28-22)17-19-4-7-21(8-5-19)27-25(31)10-11-29-12-14-34-15-13-29/h4-9,16H,3,10-15,17-18H2,1-2H3,(H,27,31). The van der Waals surface area contributed by atoms with Gasteiger partial charge in [0, 0.05) is 43.1 Å². The van der Waals surface area contributed by atoms with Gasteiger partial charge < -0.3 is 19.5 Å². The number of thioether (sulfide) groups is 1. The molecular formula is C26H32N4O5S. The highest BCUT2D eigenvalue weighted by Gasteiger charge is 2.23. The fourth-order valence-electron chi connectivity index (χ4n) is 3.96. The Kier molecular flexibility index (Phi) is 9.21. The van der Waals surface area contributed by atoms with E-state index >= 15 is 0 Å². The molecule has 9 nitrogen and oxygen atoms in total. The van der Waals surface area contributed by atoms with Crippen molar-refractivity contribution in [1.82, 2.24) is 9.91 Å². The van der Waals surface area contributed by atoms with Crippen molar-refractivity contribution in [3.05, 3.63) is 53.6 Å². The highest BCUT2D eigenvalue weighted by atomic mass is 32.2. The molecule has 2 aliphatic rings. The van der Waals surface area contributed by atoms with Crippen LogP contribution in [-0.2, 0) is 16.1 Å². The number of nitrogens with one attached hydrogen (secondary N) is 1. The number of anilines is 1. The molecule has 192 valence electrons. The average molecular weight is 513 g/mol. The Balaban J connectivity index is 1.36. The van der Waals surface area contributed by atoms with Crippen molar-refractivity contribution in [3.63, 3.8) is 0 Å². The SMILES string of the molecule is CCOc1cc(C2=NN(Cc3ccc(NC(=O)CCN4CCOCC4)cc3)C(=O)SC2)ccc1OC. The van der Waals surface area contributed by atoms with Crippen LogP contribution in [0.1, 0.15) is 24.5 Å².